The molecule has 2 fully saturated rings. The first-order chi connectivity index (χ1) is 13.1. The maximum atomic E-state index is 12.7. The molecule has 0 saturated carbocycles. The van der Waals surface area contributed by atoms with Gasteiger partial charge in [0.1, 0.15) is 5.60 Å². The van der Waals surface area contributed by atoms with E-state index in [0.717, 1.165) is 39.2 Å². The zero-order valence-corrected chi connectivity index (χ0v) is 18.1. The fourth-order valence-electron chi connectivity index (χ4n) is 4.21. The van der Waals surface area contributed by atoms with Crippen molar-refractivity contribution in [2.45, 2.75) is 65.3 Å². The van der Waals surface area contributed by atoms with Gasteiger partial charge in [-0.15, -0.1) is 0 Å². The van der Waals surface area contributed by atoms with Gasteiger partial charge in [-0.25, -0.2) is 0 Å². The van der Waals surface area contributed by atoms with Crippen molar-refractivity contribution >= 4 is 5.97 Å². The van der Waals surface area contributed by atoms with E-state index in [0.29, 0.717) is 18.7 Å². The Labute approximate surface area is 170 Å². The molecule has 0 aromatic heterocycles. The van der Waals surface area contributed by atoms with E-state index in [4.69, 9.17) is 9.47 Å². The molecular formula is C23H36N2O3. The van der Waals surface area contributed by atoms with E-state index in [9.17, 15) is 4.79 Å². The van der Waals surface area contributed by atoms with Crippen LogP contribution in [0.25, 0.3) is 0 Å². The van der Waals surface area contributed by atoms with Crippen molar-refractivity contribution in [2.75, 3.05) is 32.8 Å². The third kappa shape index (κ3) is 5.56. The van der Waals surface area contributed by atoms with Crippen LogP contribution in [0.5, 0.6) is 0 Å². The van der Waals surface area contributed by atoms with Gasteiger partial charge in [0, 0.05) is 38.8 Å². The zero-order chi connectivity index (χ0) is 20.4. The van der Waals surface area contributed by atoms with Gasteiger partial charge in [-0.3, -0.25) is 9.69 Å². The highest BCUT2D eigenvalue weighted by molar-refractivity contribution is 5.76. The van der Waals surface area contributed by atoms with Crippen LogP contribution >= 0.6 is 0 Å². The van der Waals surface area contributed by atoms with Gasteiger partial charge in [0.2, 0.25) is 0 Å². The second kappa shape index (κ2) is 8.52. The lowest BCUT2D eigenvalue weighted by Crippen LogP contribution is -2.60. The van der Waals surface area contributed by atoms with Crippen molar-refractivity contribution in [1.29, 1.82) is 0 Å². The molecule has 0 aliphatic carbocycles. The predicted octanol–water partition coefficient (Wildman–Crippen LogP) is 3.33. The van der Waals surface area contributed by atoms with Crippen LogP contribution in [0.2, 0.25) is 0 Å². The average Bonchev–Trinajstić information content (AvgIpc) is 2.61. The number of benzene rings is 1. The number of esters is 1. The number of nitrogens with zero attached hydrogens (tertiary/aromatic N) is 2. The smallest absolute Gasteiger partial charge is 0.313 e. The van der Waals surface area contributed by atoms with Gasteiger partial charge in [-0.2, -0.15) is 0 Å². The molecule has 0 unspecified atom stereocenters. The third-order valence-electron chi connectivity index (χ3n) is 5.58. The first kappa shape index (κ1) is 21.3. The van der Waals surface area contributed by atoms with E-state index in [1.54, 1.807) is 0 Å². The minimum atomic E-state index is -0.528. The summed E-state index contributed by atoms with van der Waals surface area (Å²) in [7, 11) is 0. The van der Waals surface area contributed by atoms with Crippen LogP contribution in [0.3, 0.4) is 0 Å². The highest BCUT2D eigenvalue weighted by Crippen LogP contribution is 2.28. The molecule has 0 N–H and O–H groups in total. The van der Waals surface area contributed by atoms with E-state index in [-0.39, 0.29) is 5.97 Å². The number of likely N-dealkylation sites (tertiary alicyclic amines) is 1. The first-order valence-electron chi connectivity index (χ1n) is 10.5. The molecule has 2 aliphatic rings. The van der Waals surface area contributed by atoms with Crippen molar-refractivity contribution in [1.82, 2.24) is 9.80 Å². The number of hydrogen-bond acceptors (Lipinski definition) is 5. The average molecular weight is 389 g/mol. The molecule has 1 aromatic rings. The van der Waals surface area contributed by atoms with E-state index in [1.165, 1.54) is 5.56 Å². The SMILES string of the molecule is CC(C)(C)OC(=O)C(C)(C)CN1CC[C@@H]2OCCN(Cc3ccccc3)[C@@H]2C1. The maximum absolute atomic E-state index is 12.7. The van der Waals surface area contributed by atoms with Gasteiger partial charge in [0.25, 0.3) is 0 Å². The van der Waals surface area contributed by atoms with Crippen LogP contribution in [0.4, 0.5) is 0 Å². The Morgan fingerprint density at radius 3 is 2.54 bits per heavy atom. The van der Waals surface area contributed by atoms with Crippen molar-refractivity contribution in [3.8, 4) is 0 Å². The van der Waals surface area contributed by atoms with E-state index in [2.05, 4.69) is 40.1 Å². The molecule has 2 saturated heterocycles. The molecule has 0 radical (unpaired) electrons. The van der Waals surface area contributed by atoms with E-state index in [1.807, 2.05) is 34.6 Å². The summed E-state index contributed by atoms with van der Waals surface area (Å²) in [6.07, 6.45) is 1.30. The van der Waals surface area contributed by atoms with Crippen LogP contribution in [0.15, 0.2) is 30.3 Å². The summed E-state index contributed by atoms with van der Waals surface area (Å²) in [5, 5.41) is 0. The summed E-state index contributed by atoms with van der Waals surface area (Å²) in [6.45, 7) is 15.1. The van der Waals surface area contributed by atoms with Gasteiger partial charge in [-0.05, 0) is 46.6 Å². The van der Waals surface area contributed by atoms with Crippen LogP contribution in [0, 0.1) is 5.41 Å². The number of hydrogen-bond donors (Lipinski definition) is 0. The predicted molar refractivity (Wildman–Crippen MR) is 111 cm³/mol. The molecule has 2 aliphatic heterocycles. The summed E-state index contributed by atoms with van der Waals surface area (Å²) in [5.41, 5.74) is 0.361. The number of carbonyl (C=O) groups is 1. The molecule has 28 heavy (non-hydrogen) atoms. The quantitative estimate of drug-likeness (QED) is 0.724. The number of morpholine rings is 1. The lowest BCUT2D eigenvalue weighted by atomic mass is 9.90. The minimum absolute atomic E-state index is 0.122. The fourth-order valence-corrected chi connectivity index (χ4v) is 4.21. The molecular weight excluding hydrogens is 352 g/mol. The van der Waals surface area contributed by atoms with Crippen LogP contribution in [-0.4, -0.2) is 66.3 Å². The Kier molecular flexibility index (Phi) is 6.47. The molecule has 5 nitrogen and oxygen atoms in total. The van der Waals surface area contributed by atoms with Crippen LogP contribution in [-0.2, 0) is 20.8 Å². The first-order valence-corrected chi connectivity index (χ1v) is 10.5. The molecule has 1 aromatic carbocycles. The Morgan fingerprint density at radius 2 is 1.86 bits per heavy atom. The zero-order valence-electron chi connectivity index (χ0n) is 18.1. The fraction of sp³-hybridized carbons (Fsp3) is 0.696. The summed E-state index contributed by atoms with van der Waals surface area (Å²) in [6, 6.07) is 11.0. The number of carbonyl (C=O) groups excluding carboxylic acids is 1. The molecule has 2 atom stereocenters. The summed E-state index contributed by atoms with van der Waals surface area (Å²) >= 11 is 0. The summed E-state index contributed by atoms with van der Waals surface area (Å²) in [5.74, 6) is -0.122. The molecule has 0 bridgehead atoms. The van der Waals surface area contributed by atoms with Gasteiger partial charge in [-0.1, -0.05) is 30.3 Å². The van der Waals surface area contributed by atoms with Gasteiger partial charge in [0.05, 0.1) is 18.1 Å². The topological polar surface area (TPSA) is 42.0 Å². The van der Waals surface area contributed by atoms with Crippen molar-refractivity contribution in [3.63, 3.8) is 0 Å². The number of piperidine rings is 1. The molecule has 2 heterocycles. The Morgan fingerprint density at radius 1 is 1.14 bits per heavy atom. The van der Waals surface area contributed by atoms with E-state index < -0.39 is 11.0 Å². The lowest BCUT2D eigenvalue weighted by molar-refractivity contribution is -0.168. The second-order valence-electron chi connectivity index (χ2n) is 9.84. The highest BCUT2D eigenvalue weighted by Gasteiger charge is 2.40. The molecule has 0 spiro atoms. The number of ether oxygens (including phenoxy) is 2. The summed E-state index contributed by atoms with van der Waals surface area (Å²) in [4.78, 5) is 17.6. The normalized spacial score (nSPS) is 24.6. The standard InChI is InChI=1S/C23H36N2O3/c1-22(2,3)28-21(26)23(4,5)17-24-12-11-20-19(16-24)25(13-14-27-20)15-18-9-7-6-8-10-18/h6-10,19-20H,11-17H2,1-5H3/t19-,20+/m1/s1. The summed E-state index contributed by atoms with van der Waals surface area (Å²) < 4.78 is 11.7. The van der Waals surface area contributed by atoms with Crippen LogP contribution < -0.4 is 0 Å². The Balaban J connectivity index is 1.63. The Bertz CT molecular complexity index is 654. The van der Waals surface area contributed by atoms with Crippen molar-refractivity contribution < 1.29 is 14.3 Å². The molecule has 156 valence electrons. The van der Waals surface area contributed by atoms with Crippen LogP contribution in [0.1, 0.15) is 46.6 Å². The molecule has 0 amide bonds. The minimum Gasteiger partial charge on any atom is -0.460 e. The maximum Gasteiger partial charge on any atom is 0.313 e. The largest absolute Gasteiger partial charge is 0.460 e. The Hall–Kier alpha value is -1.43. The van der Waals surface area contributed by atoms with Gasteiger partial charge >= 0.3 is 5.97 Å². The molecule has 3 rings (SSSR count). The van der Waals surface area contributed by atoms with E-state index >= 15 is 0 Å². The highest BCUT2D eigenvalue weighted by atomic mass is 16.6. The van der Waals surface area contributed by atoms with Crippen molar-refractivity contribution in [2.24, 2.45) is 5.41 Å². The lowest BCUT2D eigenvalue weighted by Gasteiger charge is -2.48. The van der Waals surface area contributed by atoms with Gasteiger partial charge in [0.15, 0.2) is 0 Å². The molecule has 5 heteroatoms. The second-order valence-corrected chi connectivity index (χ2v) is 9.84. The third-order valence-corrected chi connectivity index (χ3v) is 5.58. The van der Waals surface area contributed by atoms with Crippen molar-refractivity contribution in [3.05, 3.63) is 35.9 Å². The van der Waals surface area contributed by atoms with Gasteiger partial charge < -0.3 is 14.4 Å². The monoisotopic (exact) mass is 388 g/mol. The number of fused-ring (bicyclic) bond motifs is 1. The number of rotatable bonds is 5.